The average Bonchev–Trinajstić information content (AvgIpc) is 2.63. The number of hydrogen-bond acceptors (Lipinski definition) is 6. The lowest BCUT2D eigenvalue weighted by Gasteiger charge is -2.21. The molecule has 134 valence electrons. The van der Waals surface area contributed by atoms with Crippen LogP contribution >= 0.6 is 11.6 Å². The van der Waals surface area contributed by atoms with Gasteiger partial charge in [0, 0.05) is 17.8 Å². The first-order valence-corrected chi connectivity index (χ1v) is 8.39. The fourth-order valence-corrected chi connectivity index (χ4v) is 2.87. The molecule has 3 aromatic rings. The number of hydrogen-bond donors (Lipinski definition) is 3. The zero-order valence-corrected chi connectivity index (χ0v) is 15.1. The van der Waals surface area contributed by atoms with Crippen molar-refractivity contribution in [2.45, 2.75) is 13.0 Å². The van der Waals surface area contributed by atoms with Gasteiger partial charge >= 0.3 is 5.97 Å². The highest BCUT2D eigenvalue weighted by Crippen LogP contribution is 2.26. The van der Waals surface area contributed by atoms with Gasteiger partial charge in [-0.25, -0.2) is 14.8 Å². The van der Waals surface area contributed by atoms with Crippen LogP contribution in [0, 0.1) is 6.92 Å². The van der Waals surface area contributed by atoms with Crippen molar-refractivity contribution in [1.82, 2.24) is 20.3 Å². The molecular weight excluding hydrogens is 354 g/mol. The van der Waals surface area contributed by atoms with E-state index in [2.05, 4.69) is 25.6 Å². The van der Waals surface area contributed by atoms with E-state index in [-0.39, 0.29) is 11.6 Å². The second kappa shape index (κ2) is 7.63. The van der Waals surface area contributed by atoms with E-state index in [1.807, 2.05) is 32.2 Å². The number of nitrogens with zero attached hydrogens (tertiary/aromatic N) is 3. The Kier molecular flexibility index (Phi) is 5.29. The number of fused-ring (bicyclic) bond motifs is 1. The van der Waals surface area contributed by atoms with Gasteiger partial charge in [-0.2, -0.15) is 0 Å². The SMILES string of the molecule is CNC[C@@H](Nc1ncnc2c(C(=O)O)ccnc12)c1ccc(Cl)c(C)c1. The fourth-order valence-electron chi connectivity index (χ4n) is 2.75. The first-order chi connectivity index (χ1) is 12.5. The van der Waals surface area contributed by atoms with Crippen LogP contribution in [0.25, 0.3) is 11.0 Å². The normalized spacial score (nSPS) is 12.1. The van der Waals surface area contributed by atoms with Crippen LogP contribution in [0.1, 0.15) is 27.5 Å². The van der Waals surface area contributed by atoms with Crippen LogP contribution in [0.3, 0.4) is 0 Å². The molecule has 0 spiro atoms. The third kappa shape index (κ3) is 3.58. The van der Waals surface area contributed by atoms with Crippen molar-refractivity contribution in [3.8, 4) is 0 Å². The summed E-state index contributed by atoms with van der Waals surface area (Å²) in [5.74, 6) is -0.576. The van der Waals surface area contributed by atoms with Gasteiger partial charge < -0.3 is 15.7 Å². The van der Waals surface area contributed by atoms with Crippen LogP contribution in [0.4, 0.5) is 5.82 Å². The Morgan fingerprint density at radius 2 is 2.04 bits per heavy atom. The minimum atomic E-state index is -1.05. The number of halogens is 1. The summed E-state index contributed by atoms with van der Waals surface area (Å²) in [7, 11) is 1.86. The minimum Gasteiger partial charge on any atom is -0.478 e. The first kappa shape index (κ1) is 18.0. The lowest BCUT2D eigenvalue weighted by molar-refractivity contribution is 0.0698. The number of benzene rings is 1. The molecule has 2 aromatic heterocycles. The maximum atomic E-state index is 11.4. The smallest absolute Gasteiger partial charge is 0.338 e. The monoisotopic (exact) mass is 371 g/mol. The maximum Gasteiger partial charge on any atom is 0.338 e. The van der Waals surface area contributed by atoms with Crippen molar-refractivity contribution in [2.24, 2.45) is 0 Å². The van der Waals surface area contributed by atoms with Gasteiger partial charge in [-0.3, -0.25) is 4.98 Å². The van der Waals surface area contributed by atoms with E-state index in [1.54, 1.807) is 0 Å². The Labute approximate surface area is 155 Å². The summed E-state index contributed by atoms with van der Waals surface area (Å²) in [4.78, 5) is 24.0. The summed E-state index contributed by atoms with van der Waals surface area (Å²) >= 11 is 6.13. The lowest BCUT2D eigenvalue weighted by Crippen LogP contribution is -2.24. The molecule has 0 aliphatic carbocycles. The number of anilines is 1. The Morgan fingerprint density at radius 1 is 1.23 bits per heavy atom. The average molecular weight is 372 g/mol. The van der Waals surface area contributed by atoms with E-state index in [4.69, 9.17) is 11.6 Å². The van der Waals surface area contributed by atoms with E-state index in [0.717, 1.165) is 11.1 Å². The van der Waals surface area contributed by atoms with Crippen LogP contribution in [-0.2, 0) is 0 Å². The summed E-state index contributed by atoms with van der Waals surface area (Å²) in [5.41, 5.74) is 2.81. The summed E-state index contributed by atoms with van der Waals surface area (Å²) in [6.07, 6.45) is 2.78. The molecule has 0 saturated heterocycles. The quantitative estimate of drug-likeness (QED) is 0.612. The largest absolute Gasteiger partial charge is 0.478 e. The van der Waals surface area contributed by atoms with E-state index in [0.29, 0.717) is 28.4 Å². The van der Waals surface area contributed by atoms with Gasteiger partial charge in [0.1, 0.15) is 17.4 Å². The Hall–Kier alpha value is -2.77. The van der Waals surface area contributed by atoms with Gasteiger partial charge in [0.05, 0.1) is 11.6 Å². The summed E-state index contributed by atoms with van der Waals surface area (Å²) in [5, 5.41) is 16.5. The van der Waals surface area contributed by atoms with Crippen molar-refractivity contribution in [2.75, 3.05) is 18.9 Å². The molecule has 0 aliphatic heterocycles. The fraction of sp³-hybridized carbons (Fsp3) is 0.222. The third-order valence-corrected chi connectivity index (χ3v) is 4.48. The maximum absolute atomic E-state index is 11.4. The van der Waals surface area contributed by atoms with Gasteiger partial charge in [0.2, 0.25) is 0 Å². The minimum absolute atomic E-state index is 0.0907. The second-order valence-corrected chi connectivity index (χ2v) is 6.25. The highest BCUT2D eigenvalue weighted by molar-refractivity contribution is 6.31. The highest BCUT2D eigenvalue weighted by Gasteiger charge is 2.17. The van der Waals surface area contributed by atoms with E-state index in [1.165, 1.54) is 18.6 Å². The molecule has 8 heteroatoms. The topological polar surface area (TPSA) is 100 Å². The van der Waals surface area contributed by atoms with Gasteiger partial charge in [0.15, 0.2) is 5.82 Å². The van der Waals surface area contributed by atoms with Crippen molar-refractivity contribution < 1.29 is 9.90 Å². The Balaban J connectivity index is 2.03. The van der Waals surface area contributed by atoms with Crippen LogP contribution in [-0.4, -0.2) is 39.6 Å². The summed E-state index contributed by atoms with van der Waals surface area (Å²) in [6, 6.07) is 7.13. The molecule has 1 atom stereocenters. The summed E-state index contributed by atoms with van der Waals surface area (Å²) in [6.45, 7) is 2.58. The number of carboxylic acids is 1. The van der Waals surface area contributed by atoms with Gasteiger partial charge in [-0.15, -0.1) is 0 Å². The molecule has 3 N–H and O–H groups in total. The number of carbonyl (C=O) groups is 1. The molecule has 2 heterocycles. The first-order valence-electron chi connectivity index (χ1n) is 8.01. The molecular formula is C18H18ClN5O2. The van der Waals surface area contributed by atoms with Crippen molar-refractivity contribution in [3.05, 3.63) is 58.5 Å². The number of carboxylic acid groups (broad SMARTS) is 1. The molecule has 1 aromatic carbocycles. The third-order valence-electron chi connectivity index (χ3n) is 4.06. The number of aromatic carboxylic acids is 1. The molecule has 0 fully saturated rings. The second-order valence-electron chi connectivity index (χ2n) is 5.85. The number of rotatable bonds is 6. The van der Waals surface area contributed by atoms with E-state index < -0.39 is 5.97 Å². The van der Waals surface area contributed by atoms with Gasteiger partial charge in [0.25, 0.3) is 0 Å². The molecule has 0 amide bonds. The molecule has 7 nitrogen and oxygen atoms in total. The molecule has 3 rings (SSSR count). The van der Waals surface area contributed by atoms with Crippen LogP contribution in [0.5, 0.6) is 0 Å². The zero-order valence-electron chi connectivity index (χ0n) is 14.3. The molecule has 0 bridgehead atoms. The van der Waals surface area contributed by atoms with Crippen molar-refractivity contribution >= 4 is 34.4 Å². The molecule has 26 heavy (non-hydrogen) atoms. The molecule has 0 saturated carbocycles. The predicted molar refractivity (Wildman–Crippen MR) is 101 cm³/mol. The molecule has 0 radical (unpaired) electrons. The van der Waals surface area contributed by atoms with Crippen molar-refractivity contribution in [3.63, 3.8) is 0 Å². The zero-order chi connectivity index (χ0) is 18.7. The number of pyridine rings is 1. The Morgan fingerprint density at radius 3 is 2.73 bits per heavy atom. The summed E-state index contributed by atoms with van der Waals surface area (Å²) < 4.78 is 0. The molecule has 0 aliphatic rings. The van der Waals surface area contributed by atoms with Crippen molar-refractivity contribution in [1.29, 1.82) is 0 Å². The lowest BCUT2D eigenvalue weighted by atomic mass is 10.0. The highest BCUT2D eigenvalue weighted by atomic mass is 35.5. The van der Waals surface area contributed by atoms with E-state index in [9.17, 15) is 9.90 Å². The van der Waals surface area contributed by atoms with E-state index >= 15 is 0 Å². The van der Waals surface area contributed by atoms with Crippen LogP contribution in [0.15, 0.2) is 36.8 Å². The van der Waals surface area contributed by atoms with Gasteiger partial charge in [-0.1, -0.05) is 23.7 Å². The number of aromatic nitrogens is 3. The number of aryl methyl sites for hydroxylation is 1. The molecule has 0 unspecified atom stereocenters. The van der Waals surface area contributed by atoms with Gasteiger partial charge in [-0.05, 0) is 37.2 Å². The van der Waals surface area contributed by atoms with Crippen LogP contribution < -0.4 is 10.6 Å². The number of nitrogens with one attached hydrogen (secondary N) is 2. The Bertz CT molecular complexity index is 963. The standard InChI is InChI=1S/C18H18ClN5O2/c1-10-7-11(3-4-13(10)19)14(8-20-2)24-17-16-15(22-9-23-17)12(18(25)26)5-6-21-16/h3-7,9,14,20H,8H2,1-2H3,(H,25,26)(H,22,23,24)/t14-/m1/s1. The predicted octanol–water partition coefficient (Wildman–Crippen LogP) is 3.06. The number of likely N-dealkylation sites (N-methyl/N-ethyl adjacent to an activating group) is 1. The van der Waals surface area contributed by atoms with Crippen LogP contribution in [0.2, 0.25) is 5.02 Å².